The third-order valence-electron chi connectivity index (χ3n) is 3.18. The number of furan rings is 1. The standard InChI is InChI=1S/C15H17N3O3/c1-3-19-9-15(2,16)14-17-13(21-18-14)12-8-10-6-4-5-7-11(10)20-12/h4-8H,3,9,16H2,1-2H3. The normalized spacial score (nSPS) is 14.4. The molecule has 0 amide bonds. The smallest absolute Gasteiger partial charge is 0.293 e. The van der Waals surface area contributed by atoms with Crippen molar-refractivity contribution in [1.82, 2.24) is 10.1 Å². The van der Waals surface area contributed by atoms with Crippen LogP contribution in [0.5, 0.6) is 0 Å². The van der Waals surface area contributed by atoms with Crippen molar-refractivity contribution in [2.45, 2.75) is 19.4 Å². The van der Waals surface area contributed by atoms with Gasteiger partial charge in [-0.3, -0.25) is 0 Å². The summed E-state index contributed by atoms with van der Waals surface area (Å²) in [5.74, 6) is 1.24. The fraction of sp³-hybridized carbons (Fsp3) is 0.333. The molecule has 6 heteroatoms. The summed E-state index contributed by atoms with van der Waals surface area (Å²) in [6.45, 7) is 4.62. The Morgan fingerprint density at radius 2 is 2.14 bits per heavy atom. The van der Waals surface area contributed by atoms with E-state index in [2.05, 4.69) is 10.1 Å². The summed E-state index contributed by atoms with van der Waals surface area (Å²) in [5, 5.41) is 4.92. The Morgan fingerprint density at radius 1 is 1.33 bits per heavy atom. The minimum absolute atomic E-state index is 0.314. The van der Waals surface area contributed by atoms with Gasteiger partial charge < -0.3 is 19.4 Å². The van der Waals surface area contributed by atoms with Gasteiger partial charge in [-0.05, 0) is 26.0 Å². The van der Waals surface area contributed by atoms with E-state index in [1.807, 2.05) is 37.3 Å². The van der Waals surface area contributed by atoms with Gasteiger partial charge in [-0.2, -0.15) is 4.98 Å². The minimum atomic E-state index is -0.802. The molecule has 2 aromatic heterocycles. The van der Waals surface area contributed by atoms with Crippen molar-refractivity contribution in [2.75, 3.05) is 13.2 Å². The summed E-state index contributed by atoms with van der Waals surface area (Å²) in [4.78, 5) is 4.32. The zero-order valence-electron chi connectivity index (χ0n) is 12.0. The molecule has 0 spiro atoms. The van der Waals surface area contributed by atoms with Crippen LogP contribution < -0.4 is 5.73 Å². The quantitative estimate of drug-likeness (QED) is 0.776. The minimum Gasteiger partial charge on any atom is -0.451 e. The summed E-state index contributed by atoms with van der Waals surface area (Å²) in [5.41, 5.74) is 6.12. The van der Waals surface area contributed by atoms with Crippen molar-refractivity contribution >= 4 is 11.0 Å². The first-order chi connectivity index (χ1) is 10.1. The summed E-state index contributed by atoms with van der Waals surface area (Å²) in [7, 11) is 0. The van der Waals surface area contributed by atoms with Crippen LogP contribution in [0.15, 0.2) is 39.3 Å². The van der Waals surface area contributed by atoms with Crippen molar-refractivity contribution in [3.05, 3.63) is 36.2 Å². The molecule has 0 aliphatic heterocycles. The molecule has 21 heavy (non-hydrogen) atoms. The van der Waals surface area contributed by atoms with Crippen LogP contribution in [-0.4, -0.2) is 23.4 Å². The molecule has 0 fully saturated rings. The molecule has 0 radical (unpaired) electrons. The van der Waals surface area contributed by atoms with Gasteiger partial charge >= 0.3 is 0 Å². The van der Waals surface area contributed by atoms with Crippen LogP contribution in [0.4, 0.5) is 0 Å². The summed E-state index contributed by atoms with van der Waals surface area (Å²) >= 11 is 0. The first-order valence-electron chi connectivity index (χ1n) is 6.80. The molecule has 3 aromatic rings. The summed E-state index contributed by atoms with van der Waals surface area (Å²) < 4.78 is 16.3. The number of aromatic nitrogens is 2. The lowest BCUT2D eigenvalue weighted by Crippen LogP contribution is -2.39. The van der Waals surface area contributed by atoms with E-state index in [1.165, 1.54) is 0 Å². The molecule has 3 rings (SSSR count). The van der Waals surface area contributed by atoms with E-state index in [-0.39, 0.29) is 0 Å². The lowest BCUT2D eigenvalue weighted by Gasteiger charge is -2.19. The number of nitrogens with zero attached hydrogens (tertiary/aromatic N) is 2. The van der Waals surface area contributed by atoms with Crippen LogP contribution >= 0.6 is 0 Å². The van der Waals surface area contributed by atoms with E-state index in [1.54, 1.807) is 6.92 Å². The Morgan fingerprint density at radius 3 is 2.90 bits per heavy atom. The van der Waals surface area contributed by atoms with Crippen LogP contribution in [0, 0.1) is 0 Å². The molecular weight excluding hydrogens is 270 g/mol. The topological polar surface area (TPSA) is 87.3 Å². The number of fused-ring (bicyclic) bond motifs is 1. The number of hydrogen-bond donors (Lipinski definition) is 1. The van der Waals surface area contributed by atoms with Gasteiger partial charge in [0.1, 0.15) is 11.1 Å². The van der Waals surface area contributed by atoms with E-state index in [0.29, 0.717) is 30.7 Å². The van der Waals surface area contributed by atoms with E-state index in [4.69, 9.17) is 19.4 Å². The second kappa shape index (κ2) is 5.31. The highest BCUT2D eigenvalue weighted by Crippen LogP contribution is 2.27. The number of nitrogens with two attached hydrogens (primary N) is 1. The van der Waals surface area contributed by atoms with Crippen molar-refractivity contribution in [2.24, 2.45) is 5.73 Å². The summed E-state index contributed by atoms with van der Waals surface area (Å²) in [6, 6.07) is 9.57. The molecule has 0 bridgehead atoms. The van der Waals surface area contributed by atoms with Gasteiger partial charge in [0.2, 0.25) is 0 Å². The molecule has 1 aromatic carbocycles. The average molecular weight is 287 g/mol. The Balaban J connectivity index is 1.90. The van der Waals surface area contributed by atoms with Gasteiger partial charge in [-0.15, -0.1) is 0 Å². The van der Waals surface area contributed by atoms with Gasteiger partial charge in [0, 0.05) is 12.0 Å². The molecule has 2 heterocycles. The highest BCUT2D eigenvalue weighted by molar-refractivity contribution is 5.81. The lowest BCUT2D eigenvalue weighted by atomic mass is 10.1. The van der Waals surface area contributed by atoms with Gasteiger partial charge in [0.05, 0.1) is 6.61 Å². The molecule has 0 saturated heterocycles. The molecule has 1 unspecified atom stereocenters. The Bertz CT molecular complexity index is 712. The number of para-hydroxylation sites is 1. The monoisotopic (exact) mass is 287 g/mol. The van der Waals surface area contributed by atoms with Crippen LogP contribution in [0.1, 0.15) is 19.7 Å². The molecule has 2 N–H and O–H groups in total. The van der Waals surface area contributed by atoms with Crippen LogP contribution in [-0.2, 0) is 10.3 Å². The second-order valence-corrected chi connectivity index (χ2v) is 5.13. The zero-order valence-corrected chi connectivity index (χ0v) is 12.0. The third-order valence-corrected chi connectivity index (χ3v) is 3.18. The maximum atomic E-state index is 6.15. The van der Waals surface area contributed by atoms with Gasteiger partial charge in [0.25, 0.3) is 5.89 Å². The number of benzene rings is 1. The molecular formula is C15H17N3O3. The SMILES string of the molecule is CCOCC(C)(N)c1noc(-c2cc3ccccc3o2)n1. The molecule has 0 aliphatic rings. The lowest BCUT2D eigenvalue weighted by molar-refractivity contribution is 0.0962. The van der Waals surface area contributed by atoms with Gasteiger partial charge in [0.15, 0.2) is 11.6 Å². The van der Waals surface area contributed by atoms with Crippen molar-refractivity contribution < 1.29 is 13.7 Å². The van der Waals surface area contributed by atoms with E-state index in [0.717, 1.165) is 11.0 Å². The summed E-state index contributed by atoms with van der Waals surface area (Å²) in [6.07, 6.45) is 0. The number of ether oxygens (including phenoxy) is 1. The van der Waals surface area contributed by atoms with E-state index < -0.39 is 5.54 Å². The Kier molecular flexibility index (Phi) is 3.48. The highest BCUT2D eigenvalue weighted by atomic mass is 16.5. The first kappa shape index (κ1) is 13.8. The average Bonchev–Trinajstić information content (AvgIpc) is 3.11. The fourth-order valence-corrected chi connectivity index (χ4v) is 2.02. The molecule has 0 aliphatic carbocycles. The largest absolute Gasteiger partial charge is 0.451 e. The van der Waals surface area contributed by atoms with Crippen molar-refractivity contribution in [1.29, 1.82) is 0 Å². The molecule has 6 nitrogen and oxygen atoms in total. The molecule has 1 atom stereocenters. The van der Waals surface area contributed by atoms with Gasteiger partial charge in [-0.1, -0.05) is 23.4 Å². The first-order valence-corrected chi connectivity index (χ1v) is 6.80. The third kappa shape index (κ3) is 2.68. The maximum absolute atomic E-state index is 6.15. The van der Waals surface area contributed by atoms with Crippen molar-refractivity contribution in [3.63, 3.8) is 0 Å². The highest BCUT2D eigenvalue weighted by Gasteiger charge is 2.28. The molecule has 110 valence electrons. The second-order valence-electron chi connectivity index (χ2n) is 5.13. The van der Waals surface area contributed by atoms with Crippen LogP contribution in [0.3, 0.4) is 0 Å². The van der Waals surface area contributed by atoms with Crippen LogP contribution in [0.25, 0.3) is 22.6 Å². The Labute approximate surface area is 121 Å². The zero-order chi connectivity index (χ0) is 14.9. The maximum Gasteiger partial charge on any atom is 0.293 e. The van der Waals surface area contributed by atoms with E-state index in [9.17, 15) is 0 Å². The number of rotatable bonds is 5. The Hall–Kier alpha value is -2.18. The van der Waals surface area contributed by atoms with E-state index >= 15 is 0 Å². The van der Waals surface area contributed by atoms with Gasteiger partial charge in [-0.25, -0.2) is 0 Å². The van der Waals surface area contributed by atoms with Crippen LogP contribution in [0.2, 0.25) is 0 Å². The predicted molar refractivity (Wildman–Crippen MR) is 77.5 cm³/mol. The fourth-order valence-electron chi connectivity index (χ4n) is 2.02. The molecule has 0 saturated carbocycles. The number of hydrogen-bond acceptors (Lipinski definition) is 6. The van der Waals surface area contributed by atoms with Crippen molar-refractivity contribution in [3.8, 4) is 11.7 Å². The predicted octanol–water partition coefficient (Wildman–Crippen LogP) is 2.69.